The predicted molar refractivity (Wildman–Crippen MR) is 82.2 cm³/mol. The Bertz CT molecular complexity index is 649. The second-order valence-electron chi connectivity index (χ2n) is 4.07. The van der Waals surface area contributed by atoms with E-state index in [2.05, 4.69) is 37.2 Å². The van der Waals surface area contributed by atoms with Crippen LogP contribution in [-0.4, -0.2) is 11.1 Å². The van der Waals surface area contributed by atoms with Crippen molar-refractivity contribution >= 4 is 43.5 Å². The molecule has 3 nitrogen and oxygen atoms in total. The molecule has 0 spiro atoms. The molecule has 0 bridgehead atoms. The first-order valence-electron chi connectivity index (χ1n) is 5.68. The molecule has 1 atom stereocenters. The molecular formula is C14H10Br2FNO2. The molecule has 0 aliphatic carbocycles. The zero-order chi connectivity index (χ0) is 14.7. The standard InChI is InChI=1S/C14H10Br2FNO2/c15-9-6-5-8(7-11(9)17)13(14(19)20)18-12-4-2-1-3-10(12)16/h1-7,13,18H,(H,19,20). The molecule has 0 amide bonds. The van der Waals surface area contributed by atoms with Gasteiger partial charge in [-0.05, 0) is 61.7 Å². The summed E-state index contributed by atoms with van der Waals surface area (Å²) in [6.45, 7) is 0. The van der Waals surface area contributed by atoms with Crippen LogP contribution in [-0.2, 0) is 4.79 Å². The van der Waals surface area contributed by atoms with Gasteiger partial charge in [-0.15, -0.1) is 0 Å². The number of carboxylic acids is 1. The summed E-state index contributed by atoms with van der Waals surface area (Å²) in [6, 6.07) is 10.4. The number of hydrogen-bond donors (Lipinski definition) is 2. The minimum Gasteiger partial charge on any atom is -0.479 e. The molecule has 104 valence electrons. The van der Waals surface area contributed by atoms with Crippen molar-refractivity contribution in [2.24, 2.45) is 0 Å². The second-order valence-corrected chi connectivity index (χ2v) is 5.78. The van der Waals surface area contributed by atoms with Crippen molar-refractivity contribution in [1.82, 2.24) is 0 Å². The van der Waals surface area contributed by atoms with Crippen molar-refractivity contribution < 1.29 is 14.3 Å². The van der Waals surface area contributed by atoms with Crippen molar-refractivity contribution in [2.75, 3.05) is 5.32 Å². The molecule has 0 aliphatic heterocycles. The lowest BCUT2D eigenvalue weighted by atomic mass is 10.1. The second kappa shape index (κ2) is 6.37. The average molecular weight is 403 g/mol. The van der Waals surface area contributed by atoms with Crippen LogP contribution in [0.1, 0.15) is 11.6 Å². The molecule has 2 aromatic carbocycles. The van der Waals surface area contributed by atoms with Crippen LogP contribution in [0.5, 0.6) is 0 Å². The van der Waals surface area contributed by atoms with Crippen LogP contribution in [0.15, 0.2) is 51.4 Å². The van der Waals surface area contributed by atoms with Crippen molar-refractivity contribution in [1.29, 1.82) is 0 Å². The molecular weight excluding hydrogens is 393 g/mol. The Kier molecular flexibility index (Phi) is 4.77. The summed E-state index contributed by atoms with van der Waals surface area (Å²) in [5, 5.41) is 12.2. The van der Waals surface area contributed by atoms with Gasteiger partial charge in [-0.1, -0.05) is 18.2 Å². The zero-order valence-electron chi connectivity index (χ0n) is 10.1. The summed E-state index contributed by atoms with van der Waals surface area (Å²) in [7, 11) is 0. The number of aliphatic carboxylic acids is 1. The van der Waals surface area contributed by atoms with E-state index in [9.17, 15) is 14.3 Å². The van der Waals surface area contributed by atoms with Crippen LogP contribution in [0.2, 0.25) is 0 Å². The van der Waals surface area contributed by atoms with Crippen molar-refractivity contribution in [3.8, 4) is 0 Å². The van der Waals surface area contributed by atoms with Gasteiger partial charge < -0.3 is 10.4 Å². The number of para-hydroxylation sites is 1. The molecule has 2 rings (SSSR count). The predicted octanol–water partition coefficient (Wildman–Crippen LogP) is 4.59. The summed E-state index contributed by atoms with van der Waals surface area (Å²) in [5.74, 6) is -1.58. The lowest BCUT2D eigenvalue weighted by Crippen LogP contribution is -2.20. The molecule has 1 unspecified atom stereocenters. The first kappa shape index (κ1) is 15.0. The van der Waals surface area contributed by atoms with E-state index in [0.29, 0.717) is 15.7 Å². The Morgan fingerprint density at radius 2 is 1.85 bits per heavy atom. The average Bonchev–Trinajstić information content (AvgIpc) is 2.41. The number of rotatable bonds is 4. The minimum absolute atomic E-state index is 0.297. The van der Waals surface area contributed by atoms with E-state index in [-0.39, 0.29) is 0 Å². The van der Waals surface area contributed by atoms with Gasteiger partial charge in [0.15, 0.2) is 6.04 Å². The van der Waals surface area contributed by atoms with Crippen LogP contribution in [0, 0.1) is 5.82 Å². The third kappa shape index (κ3) is 3.37. The topological polar surface area (TPSA) is 49.3 Å². The van der Waals surface area contributed by atoms with Gasteiger partial charge >= 0.3 is 5.97 Å². The Morgan fingerprint density at radius 3 is 2.45 bits per heavy atom. The fourth-order valence-corrected chi connectivity index (χ4v) is 2.36. The molecule has 0 fully saturated rings. The monoisotopic (exact) mass is 401 g/mol. The maximum absolute atomic E-state index is 13.5. The van der Waals surface area contributed by atoms with Crippen LogP contribution in [0.4, 0.5) is 10.1 Å². The number of anilines is 1. The fraction of sp³-hybridized carbons (Fsp3) is 0.0714. The SMILES string of the molecule is O=C(O)C(Nc1ccccc1Br)c1ccc(Br)c(F)c1. The van der Waals surface area contributed by atoms with Gasteiger partial charge in [0.1, 0.15) is 5.82 Å². The molecule has 20 heavy (non-hydrogen) atoms. The van der Waals surface area contributed by atoms with Gasteiger partial charge in [-0.2, -0.15) is 0 Å². The highest BCUT2D eigenvalue weighted by Crippen LogP contribution is 2.28. The van der Waals surface area contributed by atoms with Gasteiger partial charge in [0, 0.05) is 10.2 Å². The number of benzene rings is 2. The van der Waals surface area contributed by atoms with Gasteiger partial charge in [0.2, 0.25) is 0 Å². The maximum atomic E-state index is 13.5. The highest BCUT2D eigenvalue weighted by Gasteiger charge is 2.21. The smallest absolute Gasteiger partial charge is 0.330 e. The number of halogens is 3. The molecule has 0 saturated carbocycles. The maximum Gasteiger partial charge on any atom is 0.330 e. The Balaban J connectivity index is 2.34. The third-order valence-electron chi connectivity index (χ3n) is 2.70. The van der Waals surface area contributed by atoms with Gasteiger partial charge in [-0.3, -0.25) is 0 Å². The van der Waals surface area contributed by atoms with Crippen molar-refractivity contribution in [2.45, 2.75) is 6.04 Å². The van der Waals surface area contributed by atoms with Crippen molar-refractivity contribution in [3.63, 3.8) is 0 Å². The summed E-state index contributed by atoms with van der Waals surface area (Å²) in [6.07, 6.45) is 0. The summed E-state index contributed by atoms with van der Waals surface area (Å²) < 4.78 is 14.6. The first-order chi connectivity index (χ1) is 9.49. The highest BCUT2D eigenvalue weighted by molar-refractivity contribution is 9.10. The molecule has 0 saturated heterocycles. The Hall–Kier alpha value is -1.40. The molecule has 2 N–H and O–H groups in total. The Morgan fingerprint density at radius 1 is 1.15 bits per heavy atom. The van der Waals surface area contributed by atoms with Crippen LogP contribution < -0.4 is 5.32 Å². The first-order valence-corrected chi connectivity index (χ1v) is 7.26. The summed E-state index contributed by atoms with van der Waals surface area (Å²) >= 11 is 6.38. The van der Waals surface area contributed by atoms with Crippen LogP contribution in [0.3, 0.4) is 0 Å². The fourth-order valence-electron chi connectivity index (χ4n) is 1.71. The molecule has 0 radical (unpaired) electrons. The van der Waals surface area contributed by atoms with Crippen molar-refractivity contribution in [3.05, 3.63) is 62.8 Å². The zero-order valence-corrected chi connectivity index (χ0v) is 13.3. The molecule has 2 aromatic rings. The van der Waals surface area contributed by atoms with E-state index >= 15 is 0 Å². The lowest BCUT2D eigenvalue weighted by molar-refractivity contribution is -0.138. The third-order valence-corrected chi connectivity index (χ3v) is 4.03. The van der Waals surface area contributed by atoms with E-state index in [1.165, 1.54) is 12.1 Å². The Labute approximate surface area is 132 Å². The van der Waals surface area contributed by atoms with E-state index in [0.717, 1.165) is 4.47 Å². The normalized spacial score (nSPS) is 11.9. The van der Waals surface area contributed by atoms with Gasteiger partial charge in [0.25, 0.3) is 0 Å². The van der Waals surface area contributed by atoms with Gasteiger partial charge in [0.05, 0.1) is 4.47 Å². The van der Waals surface area contributed by atoms with Crippen LogP contribution in [0.25, 0.3) is 0 Å². The van der Waals surface area contributed by atoms with E-state index < -0.39 is 17.8 Å². The largest absolute Gasteiger partial charge is 0.479 e. The number of carbonyl (C=O) groups is 1. The minimum atomic E-state index is -1.08. The summed E-state index contributed by atoms with van der Waals surface area (Å²) in [4.78, 5) is 11.4. The number of hydrogen-bond acceptors (Lipinski definition) is 2. The quantitative estimate of drug-likeness (QED) is 0.786. The van der Waals surface area contributed by atoms with Gasteiger partial charge in [-0.25, -0.2) is 9.18 Å². The van der Waals surface area contributed by atoms with Crippen LogP contribution >= 0.6 is 31.9 Å². The molecule has 0 aliphatic rings. The van der Waals surface area contributed by atoms with E-state index in [1.54, 1.807) is 24.3 Å². The lowest BCUT2D eigenvalue weighted by Gasteiger charge is -2.17. The number of nitrogens with one attached hydrogen (secondary N) is 1. The molecule has 6 heteroatoms. The number of carboxylic acid groups (broad SMARTS) is 1. The van der Waals surface area contributed by atoms with E-state index in [4.69, 9.17) is 0 Å². The summed E-state index contributed by atoms with van der Waals surface area (Å²) in [5.41, 5.74) is 0.970. The molecule has 0 aromatic heterocycles. The molecule has 0 heterocycles. The highest BCUT2D eigenvalue weighted by atomic mass is 79.9. The van der Waals surface area contributed by atoms with E-state index in [1.807, 2.05) is 6.07 Å².